The van der Waals surface area contributed by atoms with E-state index < -0.39 is 12.1 Å². The molecular formula is C14H17N5O. The summed E-state index contributed by atoms with van der Waals surface area (Å²) in [6.45, 7) is 3.68. The summed E-state index contributed by atoms with van der Waals surface area (Å²) < 4.78 is 1.97. The van der Waals surface area contributed by atoms with E-state index in [-0.39, 0.29) is 0 Å². The van der Waals surface area contributed by atoms with Crippen LogP contribution in [0.4, 0.5) is 0 Å². The van der Waals surface area contributed by atoms with Crippen LogP contribution in [0.3, 0.4) is 0 Å². The van der Waals surface area contributed by atoms with Gasteiger partial charge < -0.3 is 10.8 Å². The number of hydrogen-bond donors (Lipinski definition) is 2. The molecule has 3 aromatic rings. The first-order valence-corrected chi connectivity index (χ1v) is 6.69. The number of nitrogens with two attached hydrogens (primary N) is 1. The molecule has 2 aromatic heterocycles. The third kappa shape index (κ3) is 1.85. The maximum atomic E-state index is 9.75. The number of aromatic nitrogens is 4. The highest BCUT2D eigenvalue weighted by Gasteiger charge is 2.21. The average molecular weight is 271 g/mol. The molecule has 1 aromatic carbocycles. The molecule has 6 heteroatoms. The molecular weight excluding hydrogens is 254 g/mol. The van der Waals surface area contributed by atoms with Crippen molar-refractivity contribution in [2.45, 2.75) is 32.4 Å². The maximum Gasteiger partial charge on any atom is 0.184 e. The Labute approximate surface area is 116 Å². The number of nitrogens with zero attached hydrogens (tertiary/aromatic N) is 4. The number of fused-ring (bicyclic) bond motifs is 3. The number of benzene rings is 1. The lowest BCUT2D eigenvalue weighted by Gasteiger charge is -2.16. The molecule has 0 bridgehead atoms. The lowest BCUT2D eigenvalue weighted by atomic mass is 10.1. The Morgan fingerprint density at radius 3 is 2.75 bits per heavy atom. The quantitative estimate of drug-likeness (QED) is 0.747. The molecule has 0 saturated heterocycles. The topological polar surface area (TPSA) is 89.3 Å². The summed E-state index contributed by atoms with van der Waals surface area (Å²) in [4.78, 5) is 4.56. The van der Waals surface area contributed by atoms with Crippen LogP contribution in [-0.2, 0) is 6.42 Å². The lowest BCUT2D eigenvalue weighted by Crippen LogP contribution is -2.25. The van der Waals surface area contributed by atoms with Crippen LogP contribution in [0.25, 0.3) is 16.7 Å². The molecule has 0 aliphatic heterocycles. The summed E-state index contributed by atoms with van der Waals surface area (Å²) in [6.07, 6.45) is 0.0627. The molecule has 0 aliphatic carbocycles. The predicted molar refractivity (Wildman–Crippen MR) is 76.3 cm³/mol. The van der Waals surface area contributed by atoms with Gasteiger partial charge in [0.2, 0.25) is 0 Å². The monoisotopic (exact) mass is 271 g/mol. The molecule has 0 radical (unpaired) electrons. The number of para-hydroxylation sites is 2. The van der Waals surface area contributed by atoms with E-state index in [0.717, 1.165) is 23.3 Å². The fraction of sp³-hybridized carbons (Fsp3) is 0.357. The molecule has 6 nitrogen and oxygen atoms in total. The lowest BCUT2D eigenvalue weighted by molar-refractivity contribution is 0.163. The van der Waals surface area contributed by atoms with E-state index in [1.165, 1.54) is 0 Å². The molecule has 3 rings (SSSR count). The molecule has 20 heavy (non-hydrogen) atoms. The van der Waals surface area contributed by atoms with Crippen LogP contribution in [0, 0.1) is 0 Å². The zero-order valence-electron chi connectivity index (χ0n) is 11.5. The fourth-order valence-corrected chi connectivity index (χ4v) is 2.34. The molecule has 0 saturated carbocycles. The van der Waals surface area contributed by atoms with E-state index in [0.29, 0.717) is 11.3 Å². The van der Waals surface area contributed by atoms with E-state index in [2.05, 4.69) is 15.2 Å². The van der Waals surface area contributed by atoms with Crippen LogP contribution in [-0.4, -0.2) is 30.8 Å². The minimum atomic E-state index is -0.700. The van der Waals surface area contributed by atoms with Gasteiger partial charge in [-0.1, -0.05) is 19.1 Å². The Morgan fingerprint density at radius 1 is 1.30 bits per heavy atom. The van der Waals surface area contributed by atoms with Crippen molar-refractivity contribution < 1.29 is 5.11 Å². The van der Waals surface area contributed by atoms with Crippen LogP contribution in [0.5, 0.6) is 0 Å². The molecule has 2 atom stereocenters. The van der Waals surface area contributed by atoms with E-state index in [9.17, 15) is 5.11 Å². The van der Waals surface area contributed by atoms with Crippen molar-refractivity contribution in [1.82, 2.24) is 19.6 Å². The Hall–Kier alpha value is -2.05. The first kappa shape index (κ1) is 13.0. The average Bonchev–Trinajstić information content (AvgIpc) is 2.89. The first-order valence-electron chi connectivity index (χ1n) is 6.69. The predicted octanol–water partition coefficient (Wildman–Crippen LogP) is 1.22. The number of aliphatic hydroxyl groups is 1. The molecule has 3 N–H and O–H groups in total. The normalized spacial score (nSPS) is 14.8. The van der Waals surface area contributed by atoms with Crippen LogP contribution < -0.4 is 5.73 Å². The SMILES string of the molecule is CCc1nnc2c([C@H](N)C(C)O)nc3ccccc3n12. The first-order chi connectivity index (χ1) is 9.63. The zero-order chi connectivity index (χ0) is 14.3. The molecule has 2 heterocycles. The largest absolute Gasteiger partial charge is 0.391 e. The third-order valence-electron chi connectivity index (χ3n) is 3.47. The molecule has 0 aliphatic rings. The van der Waals surface area contributed by atoms with Crippen LogP contribution in [0.2, 0.25) is 0 Å². The zero-order valence-corrected chi connectivity index (χ0v) is 11.5. The highest BCUT2D eigenvalue weighted by atomic mass is 16.3. The Morgan fingerprint density at radius 2 is 2.05 bits per heavy atom. The van der Waals surface area contributed by atoms with Gasteiger partial charge in [-0.15, -0.1) is 10.2 Å². The number of aliphatic hydroxyl groups excluding tert-OH is 1. The summed E-state index contributed by atoms with van der Waals surface area (Å²) in [5.41, 5.74) is 9.02. The van der Waals surface area contributed by atoms with Crippen LogP contribution in [0.1, 0.15) is 31.4 Å². The second-order valence-electron chi connectivity index (χ2n) is 4.88. The summed E-state index contributed by atoms with van der Waals surface area (Å²) in [6, 6.07) is 7.20. The molecule has 0 spiro atoms. The minimum absolute atomic E-state index is 0.575. The summed E-state index contributed by atoms with van der Waals surface area (Å²) in [5, 5.41) is 18.2. The van der Waals surface area contributed by atoms with Gasteiger partial charge in [-0.05, 0) is 19.1 Å². The highest BCUT2D eigenvalue weighted by molar-refractivity contribution is 5.78. The minimum Gasteiger partial charge on any atom is -0.391 e. The van der Waals surface area contributed by atoms with Crippen molar-refractivity contribution in [3.05, 3.63) is 35.8 Å². The van der Waals surface area contributed by atoms with Gasteiger partial charge in [-0.25, -0.2) is 4.98 Å². The summed E-state index contributed by atoms with van der Waals surface area (Å²) in [5.74, 6) is 0.859. The van der Waals surface area contributed by atoms with E-state index in [4.69, 9.17) is 5.73 Å². The van der Waals surface area contributed by atoms with Gasteiger partial charge in [0.05, 0.1) is 23.2 Å². The van der Waals surface area contributed by atoms with Crippen molar-refractivity contribution in [3.8, 4) is 0 Å². The standard InChI is InChI=1S/C14H17N5O/c1-3-11-17-18-14-13(12(15)8(2)20)16-9-6-4-5-7-10(9)19(11)14/h4-8,12,20H,3,15H2,1-2H3/t8?,12-/m1/s1. The smallest absolute Gasteiger partial charge is 0.184 e. The van der Waals surface area contributed by atoms with Crippen molar-refractivity contribution in [2.24, 2.45) is 5.73 Å². The second-order valence-corrected chi connectivity index (χ2v) is 4.88. The van der Waals surface area contributed by atoms with Gasteiger partial charge in [-0.3, -0.25) is 4.40 Å². The van der Waals surface area contributed by atoms with Gasteiger partial charge in [0.25, 0.3) is 0 Å². The molecule has 1 unspecified atom stereocenters. The van der Waals surface area contributed by atoms with Crippen molar-refractivity contribution >= 4 is 16.7 Å². The summed E-state index contributed by atoms with van der Waals surface area (Å²) >= 11 is 0. The highest BCUT2D eigenvalue weighted by Crippen LogP contribution is 2.23. The van der Waals surface area contributed by atoms with Gasteiger partial charge >= 0.3 is 0 Å². The Kier molecular flexibility index (Phi) is 3.11. The van der Waals surface area contributed by atoms with Gasteiger partial charge in [-0.2, -0.15) is 0 Å². The summed E-state index contributed by atoms with van der Waals surface area (Å²) in [7, 11) is 0. The van der Waals surface area contributed by atoms with Crippen LogP contribution in [0.15, 0.2) is 24.3 Å². The van der Waals surface area contributed by atoms with Gasteiger partial charge in [0.1, 0.15) is 11.5 Å². The van der Waals surface area contributed by atoms with Crippen LogP contribution >= 0.6 is 0 Å². The van der Waals surface area contributed by atoms with E-state index >= 15 is 0 Å². The van der Waals surface area contributed by atoms with E-state index in [1.54, 1.807) is 6.92 Å². The van der Waals surface area contributed by atoms with Crippen molar-refractivity contribution in [1.29, 1.82) is 0 Å². The number of hydrogen-bond acceptors (Lipinski definition) is 5. The van der Waals surface area contributed by atoms with Gasteiger partial charge in [0.15, 0.2) is 5.65 Å². The molecule has 0 fully saturated rings. The molecule has 104 valence electrons. The number of rotatable bonds is 3. The fourth-order valence-electron chi connectivity index (χ4n) is 2.34. The maximum absolute atomic E-state index is 9.75. The molecule has 0 amide bonds. The van der Waals surface area contributed by atoms with Crippen molar-refractivity contribution in [2.75, 3.05) is 0 Å². The van der Waals surface area contributed by atoms with Crippen molar-refractivity contribution in [3.63, 3.8) is 0 Å². The second kappa shape index (κ2) is 4.81. The third-order valence-corrected chi connectivity index (χ3v) is 3.47. The van der Waals surface area contributed by atoms with E-state index in [1.807, 2.05) is 35.6 Å². The Bertz CT molecular complexity index is 765. The van der Waals surface area contributed by atoms with Gasteiger partial charge in [0, 0.05) is 6.42 Å². The Balaban J connectivity index is 2.42. The number of aryl methyl sites for hydroxylation is 1.